The maximum Gasteiger partial charge on any atom is 0.251 e. The Morgan fingerprint density at radius 2 is 1.90 bits per heavy atom. The Labute approximate surface area is 173 Å². The fourth-order valence-corrected chi connectivity index (χ4v) is 3.53. The molecule has 2 aromatic rings. The summed E-state index contributed by atoms with van der Waals surface area (Å²) in [4.78, 5) is 12.4. The Hall–Kier alpha value is -2.54. The van der Waals surface area contributed by atoms with Crippen LogP contribution in [0.15, 0.2) is 42.5 Å². The zero-order chi connectivity index (χ0) is 21.6. The summed E-state index contributed by atoms with van der Waals surface area (Å²) in [5.74, 6) is 0.690. The van der Waals surface area contributed by atoms with Gasteiger partial charge in [-0.15, -0.1) is 0 Å². The van der Waals surface area contributed by atoms with Gasteiger partial charge in [0.15, 0.2) is 0 Å². The fraction of sp³-hybridized carbons (Fsp3) is 0.409. The number of hydrogen-bond acceptors (Lipinski definition) is 4. The van der Waals surface area contributed by atoms with Crippen LogP contribution >= 0.6 is 0 Å². The normalized spacial score (nSPS) is 11.4. The number of carbonyl (C=O) groups is 1. The van der Waals surface area contributed by atoms with E-state index in [1.807, 2.05) is 32.0 Å². The Morgan fingerprint density at radius 1 is 1.17 bits per heavy atom. The number of sulfonamides is 1. The third kappa shape index (κ3) is 6.78. The molecule has 0 aliphatic carbocycles. The van der Waals surface area contributed by atoms with Gasteiger partial charge in [0, 0.05) is 19.2 Å². The molecule has 0 unspecified atom stereocenters. The zero-order valence-corrected chi connectivity index (χ0v) is 18.5. The van der Waals surface area contributed by atoms with Crippen LogP contribution in [0.25, 0.3) is 0 Å². The Kier molecular flexibility index (Phi) is 7.67. The first-order chi connectivity index (χ1) is 13.6. The van der Waals surface area contributed by atoms with Gasteiger partial charge in [0.1, 0.15) is 5.75 Å². The van der Waals surface area contributed by atoms with Gasteiger partial charge >= 0.3 is 0 Å². The molecule has 1 amide bonds. The Balaban J connectivity index is 1.89. The minimum Gasteiger partial charge on any atom is -0.491 e. The van der Waals surface area contributed by atoms with Gasteiger partial charge in [0.2, 0.25) is 10.0 Å². The quantitative estimate of drug-likeness (QED) is 0.632. The van der Waals surface area contributed by atoms with E-state index >= 15 is 0 Å². The van der Waals surface area contributed by atoms with Crippen molar-refractivity contribution in [3.8, 4) is 5.75 Å². The lowest BCUT2D eigenvalue weighted by Gasteiger charge is -2.19. The van der Waals surface area contributed by atoms with Gasteiger partial charge < -0.3 is 10.1 Å². The van der Waals surface area contributed by atoms with Gasteiger partial charge in [-0.05, 0) is 75.1 Å². The van der Waals surface area contributed by atoms with E-state index in [1.165, 1.54) is 16.9 Å². The molecule has 0 heterocycles. The van der Waals surface area contributed by atoms with E-state index in [0.717, 1.165) is 30.4 Å². The van der Waals surface area contributed by atoms with Gasteiger partial charge in [-0.2, -0.15) is 0 Å². The molecular formula is C22H30N2O4S. The molecule has 1 N–H and O–H groups in total. The maximum absolute atomic E-state index is 12.4. The molecule has 0 radical (unpaired) electrons. The highest BCUT2D eigenvalue weighted by molar-refractivity contribution is 7.92. The Bertz CT molecular complexity index is 955. The molecule has 7 heteroatoms. The molecule has 0 aliphatic heterocycles. The number of rotatable bonds is 9. The molecule has 0 aliphatic rings. The summed E-state index contributed by atoms with van der Waals surface area (Å²) in [6.07, 6.45) is 2.94. The van der Waals surface area contributed by atoms with Crippen LogP contribution in [0.2, 0.25) is 0 Å². The molecule has 0 aromatic heterocycles. The average molecular weight is 419 g/mol. The monoisotopic (exact) mass is 418 g/mol. The lowest BCUT2D eigenvalue weighted by molar-refractivity contribution is 0.0953. The molecule has 158 valence electrons. The van der Waals surface area contributed by atoms with Crippen molar-refractivity contribution in [1.29, 1.82) is 0 Å². The van der Waals surface area contributed by atoms with Crippen molar-refractivity contribution >= 4 is 21.6 Å². The molecule has 2 rings (SSSR count). The maximum atomic E-state index is 12.4. The van der Waals surface area contributed by atoms with Gasteiger partial charge in [0.05, 0.1) is 18.0 Å². The van der Waals surface area contributed by atoms with E-state index in [2.05, 4.69) is 11.4 Å². The number of ether oxygens (including phenoxy) is 1. The van der Waals surface area contributed by atoms with Crippen LogP contribution in [-0.4, -0.2) is 40.3 Å². The predicted molar refractivity (Wildman–Crippen MR) is 117 cm³/mol. The van der Waals surface area contributed by atoms with Crippen molar-refractivity contribution in [3.63, 3.8) is 0 Å². The van der Waals surface area contributed by atoms with E-state index in [4.69, 9.17) is 4.74 Å². The molecular weight excluding hydrogens is 388 g/mol. The van der Waals surface area contributed by atoms with Crippen molar-refractivity contribution in [2.45, 2.75) is 39.7 Å². The van der Waals surface area contributed by atoms with E-state index in [1.54, 1.807) is 25.1 Å². The first-order valence-corrected chi connectivity index (χ1v) is 11.5. The van der Waals surface area contributed by atoms with Crippen molar-refractivity contribution in [2.75, 3.05) is 24.2 Å². The summed E-state index contributed by atoms with van der Waals surface area (Å²) in [5.41, 5.74) is 2.97. The van der Waals surface area contributed by atoms with Gasteiger partial charge in [0.25, 0.3) is 5.91 Å². The minimum absolute atomic E-state index is 0.136. The van der Waals surface area contributed by atoms with Gasteiger partial charge in [-0.1, -0.05) is 12.1 Å². The third-order valence-electron chi connectivity index (χ3n) is 4.49. The fourth-order valence-electron chi connectivity index (χ4n) is 2.97. The number of amides is 1. The van der Waals surface area contributed by atoms with Crippen LogP contribution in [0, 0.1) is 6.92 Å². The summed E-state index contributed by atoms with van der Waals surface area (Å²) in [6.45, 7) is 6.34. The number of carbonyl (C=O) groups excluding carboxylic acids is 1. The molecule has 0 fully saturated rings. The number of benzene rings is 2. The van der Waals surface area contributed by atoms with Crippen LogP contribution in [0.3, 0.4) is 0 Å². The molecule has 0 saturated carbocycles. The molecule has 6 nitrogen and oxygen atoms in total. The summed E-state index contributed by atoms with van der Waals surface area (Å²) in [5, 5.41) is 2.92. The van der Waals surface area contributed by atoms with E-state index in [-0.39, 0.29) is 12.0 Å². The standard InChI is InChI=1S/C22H30N2O4S/c1-16(2)28-20-10-6-8-18(15-20)9-7-13-23-22(25)19-11-12-21(17(3)14-19)24(4)29(5,26)27/h6,8,10-12,14-16H,7,9,13H2,1-5H3,(H,23,25). The van der Waals surface area contributed by atoms with E-state index in [0.29, 0.717) is 17.8 Å². The molecule has 29 heavy (non-hydrogen) atoms. The molecule has 2 aromatic carbocycles. The average Bonchev–Trinajstić information content (AvgIpc) is 2.63. The lowest BCUT2D eigenvalue weighted by Crippen LogP contribution is -2.27. The number of nitrogens with one attached hydrogen (secondary N) is 1. The molecule has 0 atom stereocenters. The summed E-state index contributed by atoms with van der Waals surface area (Å²) >= 11 is 0. The van der Waals surface area contributed by atoms with Crippen LogP contribution < -0.4 is 14.4 Å². The summed E-state index contributed by atoms with van der Waals surface area (Å²) < 4.78 is 30.3. The molecule has 0 bridgehead atoms. The van der Waals surface area contributed by atoms with E-state index in [9.17, 15) is 13.2 Å². The van der Waals surface area contributed by atoms with Crippen LogP contribution in [0.4, 0.5) is 5.69 Å². The van der Waals surface area contributed by atoms with Crippen molar-refractivity contribution in [1.82, 2.24) is 5.32 Å². The SMILES string of the molecule is Cc1cc(C(=O)NCCCc2cccc(OC(C)C)c2)ccc1N(C)S(C)(=O)=O. The minimum atomic E-state index is -3.34. The van der Waals surface area contributed by atoms with Crippen LogP contribution in [0.1, 0.15) is 41.8 Å². The third-order valence-corrected chi connectivity index (χ3v) is 5.69. The van der Waals surface area contributed by atoms with Crippen molar-refractivity contribution in [3.05, 3.63) is 59.2 Å². The van der Waals surface area contributed by atoms with Crippen LogP contribution in [-0.2, 0) is 16.4 Å². The van der Waals surface area contributed by atoms with Gasteiger partial charge in [-0.25, -0.2) is 8.42 Å². The second-order valence-electron chi connectivity index (χ2n) is 7.41. The highest BCUT2D eigenvalue weighted by Crippen LogP contribution is 2.22. The zero-order valence-electron chi connectivity index (χ0n) is 17.7. The summed E-state index contributed by atoms with van der Waals surface area (Å²) in [7, 11) is -1.84. The van der Waals surface area contributed by atoms with Crippen LogP contribution in [0.5, 0.6) is 5.75 Å². The number of hydrogen-bond donors (Lipinski definition) is 1. The summed E-state index contributed by atoms with van der Waals surface area (Å²) in [6, 6.07) is 13.0. The lowest BCUT2D eigenvalue weighted by atomic mass is 10.1. The Morgan fingerprint density at radius 3 is 2.52 bits per heavy atom. The smallest absolute Gasteiger partial charge is 0.251 e. The van der Waals surface area contributed by atoms with E-state index < -0.39 is 10.0 Å². The number of anilines is 1. The topological polar surface area (TPSA) is 75.7 Å². The second-order valence-corrected chi connectivity index (χ2v) is 9.42. The first-order valence-electron chi connectivity index (χ1n) is 9.66. The van der Waals surface area contributed by atoms with Crippen molar-refractivity contribution in [2.24, 2.45) is 0 Å². The van der Waals surface area contributed by atoms with Crippen molar-refractivity contribution < 1.29 is 17.9 Å². The number of nitrogens with zero attached hydrogens (tertiary/aromatic N) is 1. The highest BCUT2D eigenvalue weighted by Gasteiger charge is 2.15. The largest absolute Gasteiger partial charge is 0.491 e. The number of aryl methyl sites for hydroxylation is 2. The first kappa shape index (κ1) is 22.7. The highest BCUT2D eigenvalue weighted by atomic mass is 32.2. The van der Waals surface area contributed by atoms with Gasteiger partial charge in [-0.3, -0.25) is 9.10 Å². The predicted octanol–water partition coefficient (Wildman–Crippen LogP) is 3.54. The molecule has 0 spiro atoms. The molecule has 0 saturated heterocycles. The second kappa shape index (κ2) is 9.78.